The Bertz CT molecular complexity index is 1230. The van der Waals surface area contributed by atoms with E-state index in [1.807, 2.05) is 27.7 Å². The van der Waals surface area contributed by atoms with Gasteiger partial charge in [-0.1, -0.05) is 58.9 Å². The van der Waals surface area contributed by atoms with Crippen LogP contribution in [-0.2, 0) is 26.7 Å². The van der Waals surface area contributed by atoms with Crippen molar-refractivity contribution in [1.82, 2.24) is 4.90 Å². The Labute approximate surface area is 242 Å². The molecule has 0 aromatic heterocycles. The fourth-order valence-electron chi connectivity index (χ4n) is 4.39. The lowest BCUT2D eigenvalue weighted by Gasteiger charge is -2.30. The van der Waals surface area contributed by atoms with E-state index in [2.05, 4.69) is 0 Å². The molecule has 42 heavy (non-hydrogen) atoms. The highest BCUT2D eigenvalue weighted by Gasteiger charge is 2.73. The summed E-state index contributed by atoms with van der Waals surface area (Å²) in [5, 5.41) is -0.601. The van der Waals surface area contributed by atoms with Crippen molar-refractivity contribution in [2.75, 3.05) is 13.1 Å². The van der Waals surface area contributed by atoms with Gasteiger partial charge in [0.2, 0.25) is 5.91 Å². The van der Waals surface area contributed by atoms with Crippen LogP contribution in [0, 0.1) is 11.7 Å². The highest BCUT2D eigenvalue weighted by atomic mass is 32.2. The lowest BCUT2D eigenvalue weighted by Crippen LogP contribution is -2.50. The lowest BCUT2D eigenvalue weighted by molar-refractivity contribution is -0.348. The van der Waals surface area contributed by atoms with Gasteiger partial charge in [0.15, 0.2) is 9.84 Å². The zero-order chi connectivity index (χ0) is 32.5. The van der Waals surface area contributed by atoms with Gasteiger partial charge in [-0.25, -0.2) is 17.2 Å². The number of hydrogen-bond acceptors (Lipinski definition) is 3. The van der Waals surface area contributed by atoms with Crippen molar-refractivity contribution >= 4 is 15.7 Å². The average Bonchev–Trinajstić information content (AvgIpc) is 3.45. The molecule has 0 N–H and O–H groups in total. The number of aryl methyl sites for hydroxylation is 1. The second kappa shape index (κ2) is 15.2. The molecule has 3 rings (SSSR count). The number of benzene rings is 2. The quantitative estimate of drug-likeness (QED) is 0.229. The molecular formula is C29H37F8NO3S. The zero-order valence-corrected chi connectivity index (χ0v) is 24.9. The predicted octanol–water partition coefficient (Wildman–Crippen LogP) is 8.20. The van der Waals surface area contributed by atoms with Gasteiger partial charge in [0.05, 0.1) is 10.1 Å². The molecule has 1 aliphatic rings. The minimum absolute atomic E-state index is 0.0349. The van der Waals surface area contributed by atoms with E-state index in [-0.39, 0.29) is 35.2 Å². The third kappa shape index (κ3) is 8.44. The number of likely N-dealkylation sites (tertiary alicyclic amines) is 1. The SMILES string of the molecule is CC.CCC(CC)C(=O)N1CCC(S(=O)(=O)c2ccc(F)cc2)C1.CCc1cccc(C(F)(C(F)(F)F)C(F)(F)F)c1. The maximum absolute atomic E-state index is 13.6. The highest BCUT2D eigenvalue weighted by molar-refractivity contribution is 7.92. The molecule has 1 atom stereocenters. The maximum Gasteiger partial charge on any atom is 0.435 e. The normalized spacial score (nSPS) is 16.0. The van der Waals surface area contributed by atoms with Crippen LogP contribution in [0.4, 0.5) is 35.1 Å². The van der Waals surface area contributed by atoms with Gasteiger partial charge in [-0.05, 0) is 55.5 Å². The molecule has 1 unspecified atom stereocenters. The van der Waals surface area contributed by atoms with E-state index in [4.69, 9.17) is 0 Å². The fraction of sp³-hybridized carbons (Fsp3) is 0.552. The Balaban J connectivity index is 0.000000404. The molecule has 1 heterocycles. The van der Waals surface area contributed by atoms with E-state index in [1.165, 1.54) is 18.2 Å². The van der Waals surface area contributed by atoms with Crippen molar-refractivity contribution in [3.8, 4) is 0 Å². The van der Waals surface area contributed by atoms with Crippen molar-refractivity contribution in [2.24, 2.45) is 5.92 Å². The van der Waals surface area contributed by atoms with Crippen LogP contribution >= 0.6 is 0 Å². The monoisotopic (exact) mass is 631 g/mol. The summed E-state index contributed by atoms with van der Waals surface area (Å²) in [4.78, 5) is 14.1. The third-order valence-corrected chi connectivity index (χ3v) is 9.08. The first-order valence-electron chi connectivity index (χ1n) is 13.6. The molecule has 1 saturated heterocycles. The molecule has 1 fully saturated rings. The molecule has 13 heteroatoms. The van der Waals surface area contributed by atoms with E-state index in [1.54, 1.807) is 11.8 Å². The topological polar surface area (TPSA) is 54.5 Å². The summed E-state index contributed by atoms with van der Waals surface area (Å²) in [6.45, 7) is 10.2. The molecule has 2 aromatic carbocycles. The lowest BCUT2D eigenvalue weighted by atomic mass is 9.92. The van der Waals surface area contributed by atoms with Crippen LogP contribution in [-0.4, -0.2) is 49.9 Å². The van der Waals surface area contributed by atoms with Gasteiger partial charge in [-0.2, -0.15) is 26.3 Å². The summed E-state index contributed by atoms with van der Waals surface area (Å²) in [7, 11) is -3.52. The fourth-order valence-corrected chi connectivity index (χ4v) is 6.08. The largest absolute Gasteiger partial charge is 0.435 e. The van der Waals surface area contributed by atoms with Gasteiger partial charge in [-0.15, -0.1) is 0 Å². The van der Waals surface area contributed by atoms with E-state index >= 15 is 0 Å². The smallest absolute Gasteiger partial charge is 0.341 e. The van der Waals surface area contributed by atoms with Crippen molar-refractivity contribution in [2.45, 2.75) is 88.5 Å². The number of carbonyl (C=O) groups excluding carboxylic acids is 1. The van der Waals surface area contributed by atoms with Crippen LogP contribution in [0.1, 0.15) is 65.0 Å². The third-order valence-electron chi connectivity index (χ3n) is 6.89. The minimum Gasteiger partial charge on any atom is -0.341 e. The van der Waals surface area contributed by atoms with E-state index in [9.17, 15) is 48.3 Å². The Morgan fingerprint density at radius 2 is 1.43 bits per heavy atom. The standard InChI is InChI=1S/C16H22FNO3S.C11H9F7.C2H6/c1-3-12(4-2)16(19)18-10-9-15(11-18)22(20,21)14-7-5-13(17)6-8-14;1-2-7-4-3-5-8(6-7)9(12,10(13,14)15)11(16,17)18;1-2/h5-8,12,15H,3-4,9-11H2,1-2H3;3-6H,2H2,1H3;1-2H3. The van der Waals surface area contributed by atoms with Crippen LogP contribution in [0.2, 0.25) is 0 Å². The summed E-state index contributed by atoms with van der Waals surface area (Å²) in [6.07, 6.45) is -9.94. The first-order chi connectivity index (χ1) is 19.4. The summed E-state index contributed by atoms with van der Waals surface area (Å²) >= 11 is 0. The molecule has 1 amide bonds. The molecule has 0 aliphatic carbocycles. The molecule has 0 radical (unpaired) electrons. The Morgan fingerprint density at radius 3 is 1.88 bits per heavy atom. The van der Waals surface area contributed by atoms with E-state index < -0.39 is 44.5 Å². The van der Waals surface area contributed by atoms with Gasteiger partial charge in [0, 0.05) is 24.6 Å². The number of carbonyl (C=O) groups is 1. The first-order valence-corrected chi connectivity index (χ1v) is 15.2. The number of alkyl halides is 7. The number of rotatable bonds is 7. The number of amides is 1. The summed E-state index contributed by atoms with van der Waals surface area (Å²) in [5.74, 6) is -0.454. The van der Waals surface area contributed by atoms with Crippen LogP contribution in [0.25, 0.3) is 0 Å². The van der Waals surface area contributed by atoms with E-state index in [0.29, 0.717) is 25.1 Å². The predicted molar refractivity (Wildman–Crippen MR) is 145 cm³/mol. The minimum atomic E-state index is -6.06. The Hall–Kier alpha value is -2.70. The van der Waals surface area contributed by atoms with Crippen molar-refractivity contribution in [3.63, 3.8) is 0 Å². The molecule has 1 aliphatic heterocycles. The number of hydrogen-bond donors (Lipinski definition) is 0. The molecule has 4 nitrogen and oxygen atoms in total. The molecule has 0 saturated carbocycles. The Kier molecular flexibility index (Phi) is 13.5. The van der Waals surface area contributed by atoms with Crippen LogP contribution in [0.5, 0.6) is 0 Å². The number of nitrogens with zero attached hydrogens (tertiary/aromatic N) is 1. The summed E-state index contributed by atoms with van der Waals surface area (Å²) in [6, 6.07) is 8.24. The first kappa shape index (κ1) is 37.3. The van der Waals surface area contributed by atoms with Gasteiger partial charge in [-0.3, -0.25) is 4.79 Å². The van der Waals surface area contributed by atoms with Crippen molar-refractivity contribution in [1.29, 1.82) is 0 Å². The highest BCUT2D eigenvalue weighted by Crippen LogP contribution is 2.53. The summed E-state index contributed by atoms with van der Waals surface area (Å²) < 4.78 is 126. The molecule has 2 aromatic rings. The maximum atomic E-state index is 13.6. The van der Waals surface area contributed by atoms with Crippen LogP contribution in [0.3, 0.4) is 0 Å². The molecule has 0 spiro atoms. The number of sulfone groups is 1. The Morgan fingerprint density at radius 1 is 0.905 bits per heavy atom. The molecule has 238 valence electrons. The van der Waals surface area contributed by atoms with E-state index in [0.717, 1.165) is 31.0 Å². The average molecular weight is 632 g/mol. The van der Waals surface area contributed by atoms with Gasteiger partial charge in [0.1, 0.15) is 5.82 Å². The number of halogens is 8. The van der Waals surface area contributed by atoms with Crippen molar-refractivity contribution < 1.29 is 48.3 Å². The van der Waals surface area contributed by atoms with Gasteiger partial charge >= 0.3 is 18.0 Å². The molecule has 0 bridgehead atoms. The van der Waals surface area contributed by atoms with Crippen LogP contribution in [0.15, 0.2) is 53.4 Å². The van der Waals surface area contributed by atoms with Gasteiger partial charge < -0.3 is 4.90 Å². The zero-order valence-electron chi connectivity index (χ0n) is 24.1. The second-order valence-corrected chi connectivity index (χ2v) is 11.6. The van der Waals surface area contributed by atoms with Crippen LogP contribution < -0.4 is 0 Å². The van der Waals surface area contributed by atoms with Gasteiger partial charge in [0.25, 0.3) is 0 Å². The second-order valence-electron chi connectivity index (χ2n) is 9.42. The van der Waals surface area contributed by atoms with Crippen molar-refractivity contribution in [3.05, 3.63) is 65.5 Å². The summed E-state index contributed by atoms with van der Waals surface area (Å²) in [5.41, 5.74) is -6.59. The molecular weight excluding hydrogens is 594 g/mol.